The lowest BCUT2D eigenvalue weighted by atomic mass is 9.84. The zero-order valence-electron chi connectivity index (χ0n) is 19.0. The fourth-order valence-electron chi connectivity index (χ4n) is 4.89. The van der Waals surface area contributed by atoms with Gasteiger partial charge in [0.2, 0.25) is 5.91 Å². The number of alkyl carbamates (subject to hydrolysis) is 1. The van der Waals surface area contributed by atoms with Gasteiger partial charge in [-0.25, -0.2) is 4.79 Å². The van der Waals surface area contributed by atoms with E-state index in [1.807, 2.05) is 36.4 Å². The molecule has 3 N–H and O–H groups in total. The highest BCUT2D eigenvalue weighted by Gasteiger charge is 2.37. The highest BCUT2D eigenvalue weighted by Crippen LogP contribution is 2.44. The molecule has 1 fully saturated rings. The van der Waals surface area contributed by atoms with Crippen LogP contribution in [-0.4, -0.2) is 41.3 Å². The summed E-state index contributed by atoms with van der Waals surface area (Å²) in [4.78, 5) is 37.0. The number of hydrogen-bond donors (Lipinski definition) is 3. The first kappa shape index (κ1) is 22.8. The maximum atomic E-state index is 12.9. The quantitative estimate of drug-likeness (QED) is 0.616. The second-order valence-corrected chi connectivity index (χ2v) is 9.38. The van der Waals surface area contributed by atoms with Gasteiger partial charge in [0.25, 0.3) is 0 Å². The zero-order valence-corrected chi connectivity index (χ0v) is 19.0. The summed E-state index contributed by atoms with van der Waals surface area (Å²) < 4.78 is 5.55. The van der Waals surface area contributed by atoms with Crippen molar-refractivity contribution < 1.29 is 24.2 Å². The van der Waals surface area contributed by atoms with Crippen molar-refractivity contribution in [3.63, 3.8) is 0 Å². The minimum Gasteiger partial charge on any atom is -0.481 e. The monoisotopic (exact) mass is 450 g/mol. The van der Waals surface area contributed by atoms with Crippen LogP contribution in [0.3, 0.4) is 0 Å². The Kier molecular flexibility index (Phi) is 6.40. The predicted molar refractivity (Wildman–Crippen MR) is 124 cm³/mol. The van der Waals surface area contributed by atoms with Crippen LogP contribution in [0.2, 0.25) is 0 Å². The van der Waals surface area contributed by atoms with Crippen LogP contribution in [0, 0.1) is 5.92 Å². The van der Waals surface area contributed by atoms with Gasteiger partial charge in [0.05, 0.1) is 5.92 Å². The molecule has 4 rings (SSSR count). The maximum Gasteiger partial charge on any atom is 0.408 e. The molecule has 0 aliphatic heterocycles. The number of fused-ring (bicyclic) bond motifs is 3. The van der Waals surface area contributed by atoms with Gasteiger partial charge in [0.15, 0.2) is 0 Å². The molecule has 0 heterocycles. The first-order valence-corrected chi connectivity index (χ1v) is 11.4. The van der Waals surface area contributed by atoms with Gasteiger partial charge in [0.1, 0.15) is 12.1 Å². The Labute approximate surface area is 193 Å². The summed E-state index contributed by atoms with van der Waals surface area (Å²) in [5.74, 6) is -2.00. The Morgan fingerprint density at radius 1 is 0.970 bits per heavy atom. The van der Waals surface area contributed by atoms with Gasteiger partial charge >= 0.3 is 12.1 Å². The number of nitrogens with one attached hydrogen (secondary N) is 2. The molecule has 0 radical (unpaired) electrons. The second-order valence-electron chi connectivity index (χ2n) is 9.38. The van der Waals surface area contributed by atoms with Crippen molar-refractivity contribution in [2.24, 2.45) is 5.92 Å². The summed E-state index contributed by atoms with van der Waals surface area (Å²) in [6.45, 7) is 3.33. The van der Waals surface area contributed by atoms with Gasteiger partial charge in [-0.15, -0.1) is 0 Å². The molecule has 2 amide bonds. The first-order valence-electron chi connectivity index (χ1n) is 11.4. The lowest BCUT2D eigenvalue weighted by Crippen LogP contribution is -2.58. The number of benzene rings is 2. The summed E-state index contributed by atoms with van der Waals surface area (Å²) in [6, 6.07) is 15.7. The number of carbonyl (C=O) groups is 3. The van der Waals surface area contributed by atoms with Crippen molar-refractivity contribution in [2.45, 2.75) is 57.0 Å². The molecule has 174 valence electrons. The molecule has 33 heavy (non-hydrogen) atoms. The molecule has 0 unspecified atom stereocenters. The summed E-state index contributed by atoms with van der Waals surface area (Å²) in [5, 5.41) is 14.9. The molecule has 7 heteroatoms. The van der Waals surface area contributed by atoms with E-state index < -0.39 is 35.5 Å². The molecule has 7 nitrogen and oxygen atoms in total. The zero-order chi connectivity index (χ0) is 23.6. The van der Waals surface area contributed by atoms with Gasteiger partial charge in [0, 0.05) is 12.0 Å². The molecular weight excluding hydrogens is 420 g/mol. The molecular formula is C26H30N2O5. The number of ether oxygens (including phenoxy) is 1. The number of hydrogen-bond acceptors (Lipinski definition) is 4. The SMILES string of the molecule is CC(C)(NC(=O)OCC1c2ccccc2-c2ccccc21)C(=O)N[C@@H]1CCCC[C@@H]1C(=O)O. The summed E-state index contributed by atoms with van der Waals surface area (Å²) in [6.07, 6.45) is 2.18. The smallest absolute Gasteiger partial charge is 0.408 e. The number of rotatable bonds is 6. The first-order chi connectivity index (χ1) is 15.8. The van der Waals surface area contributed by atoms with Gasteiger partial charge < -0.3 is 20.5 Å². The van der Waals surface area contributed by atoms with Crippen LogP contribution in [0.25, 0.3) is 11.1 Å². The van der Waals surface area contributed by atoms with Crippen LogP contribution in [0.5, 0.6) is 0 Å². The molecule has 2 aromatic rings. The van der Waals surface area contributed by atoms with E-state index in [1.165, 1.54) is 0 Å². The van der Waals surface area contributed by atoms with Crippen molar-refractivity contribution in [1.82, 2.24) is 10.6 Å². The largest absolute Gasteiger partial charge is 0.481 e. The van der Waals surface area contributed by atoms with Gasteiger partial charge in [-0.05, 0) is 48.9 Å². The van der Waals surface area contributed by atoms with E-state index in [0.29, 0.717) is 12.8 Å². The summed E-state index contributed by atoms with van der Waals surface area (Å²) in [7, 11) is 0. The maximum absolute atomic E-state index is 12.9. The topological polar surface area (TPSA) is 105 Å². The highest BCUT2D eigenvalue weighted by molar-refractivity contribution is 5.89. The van der Waals surface area contributed by atoms with E-state index in [9.17, 15) is 19.5 Å². The van der Waals surface area contributed by atoms with Crippen LogP contribution in [0.15, 0.2) is 48.5 Å². The van der Waals surface area contributed by atoms with Crippen molar-refractivity contribution in [3.05, 3.63) is 59.7 Å². The average molecular weight is 451 g/mol. The normalized spacial score (nSPS) is 19.8. The number of carboxylic acids is 1. The van der Waals surface area contributed by atoms with Gasteiger partial charge in [-0.1, -0.05) is 61.4 Å². The summed E-state index contributed by atoms with van der Waals surface area (Å²) >= 11 is 0. The molecule has 0 aromatic heterocycles. The van der Waals surface area contributed by atoms with Crippen LogP contribution in [0.4, 0.5) is 4.79 Å². The molecule has 2 aromatic carbocycles. The molecule has 0 bridgehead atoms. The van der Waals surface area contributed by atoms with E-state index in [4.69, 9.17) is 4.74 Å². The van der Waals surface area contributed by atoms with E-state index in [-0.39, 0.29) is 12.5 Å². The minimum absolute atomic E-state index is 0.0707. The fourth-order valence-corrected chi connectivity index (χ4v) is 4.89. The van der Waals surface area contributed by atoms with Crippen molar-refractivity contribution in [2.75, 3.05) is 6.61 Å². The molecule has 0 saturated heterocycles. The number of aliphatic carboxylic acids is 1. The van der Waals surface area contributed by atoms with Crippen molar-refractivity contribution in [1.29, 1.82) is 0 Å². The van der Waals surface area contributed by atoms with Gasteiger partial charge in [-0.3, -0.25) is 9.59 Å². The Hall–Kier alpha value is -3.35. The van der Waals surface area contributed by atoms with Gasteiger partial charge in [-0.2, -0.15) is 0 Å². The number of amides is 2. The van der Waals surface area contributed by atoms with Crippen molar-refractivity contribution in [3.8, 4) is 11.1 Å². The third-order valence-electron chi connectivity index (χ3n) is 6.73. The average Bonchev–Trinajstić information content (AvgIpc) is 3.11. The second kappa shape index (κ2) is 9.25. The Balaban J connectivity index is 1.37. The van der Waals surface area contributed by atoms with Crippen molar-refractivity contribution >= 4 is 18.0 Å². The van der Waals surface area contributed by atoms with Crippen LogP contribution in [-0.2, 0) is 14.3 Å². The van der Waals surface area contributed by atoms with E-state index >= 15 is 0 Å². The molecule has 2 atom stereocenters. The lowest BCUT2D eigenvalue weighted by molar-refractivity contribution is -0.144. The highest BCUT2D eigenvalue weighted by atomic mass is 16.5. The van der Waals surface area contributed by atoms with E-state index in [0.717, 1.165) is 35.1 Å². The lowest BCUT2D eigenvalue weighted by Gasteiger charge is -2.33. The Morgan fingerprint density at radius 2 is 1.55 bits per heavy atom. The fraction of sp³-hybridized carbons (Fsp3) is 0.423. The molecule has 1 saturated carbocycles. The Morgan fingerprint density at radius 3 is 2.15 bits per heavy atom. The van der Waals surface area contributed by atoms with E-state index in [1.54, 1.807) is 13.8 Å². The summed E-state index contributed by atoms with van der Waals surface area (Å²) in [5.41, 5.74) is 3.26. The molecule has 2 aliphatic rings. The van der Waals surface area contributed by atoms with Crippen LogP contribution >= 0.6 is 0 Å². The predicted octanol–water partition coefficient (Wildman–Crippen LogP) is 4.06. The number of carboxylic acid groups (broad SMARTS) is 1. The Bertz CT molecular complexity index is 1020. The number of carbonyl (C=O) groups excluding carboxylic acids is 2. The standard InChI is InChI=1S/C26H30N2O5/c1-26(2,24(31)27-22-14-8-7-13-20(22)23(29)30)28-25(32)33-15-21-18-11-5-3-9-16(18)17-10-4-6-12-19(17)21/h3-6,9-12,20-22H,7-8,13-15H2,1-2H3,(H,27,31)(H,28,32)(H,29,30)/t20-,22+/m0/s1. The minimum atomic E-state index is -1.25. The molecule has 2 aliphatic carbocycles. The molecule has 0 spiro atoms. The van der Waals surface area contributed by atoms with E-state index in [2.05, 4.69) is 22.8 Å². The third kappa shape index (κ3) is 4.72. The van der Waals surface area contributed by atoms with Crippen LogP contribution < -0.4 is 10.6 Å². The third-order valence-corrected chi connectivity index (χ3v) is 6.73. The van der Waals surface area contributed by atoms with Crippen LogP contribution in [0.1, 0.15) is 56.6 Å².